The molecular formula is C19H25ClN3S+. The van der Waals surface area contributed by atoms with Crippen LogP contribution in [-0.2, 0) is 5.54 Å². The van der Waals surface area contributed by atoms with Crippen molar-refractivity contribution in [1.82, 2.24) is 15.2 Å². The van der Waals surface area contributed by atoms with Crippen molar-refractivity contribution in [1.29, 1.82) is 0 Å². The number of halogens is 1. The Morgan fingerprint density at radius 2 is 1.83 bits per heavy atom. The van der Waals surface area contributed by atoms with Gasteiger partial charge in [0.05, 0.1) is 16.6 Å². The normalized spacial score (nSPS) is 27.0. The number of fused-ring (bicyclic) bond motifs is 2. The highest BCUT2D eigenvalue weighted by Crippen LogP contribution is 2.48. The number of hydrogen-bond acceptors (Lipinski definition) is 3. The van der Waals surface area contributed by atoms with E-state index >= 15 is 0 Å². The van der Waals surface area contributed by atoms with Gasteiger partial charge in [0.1, 0.15) is 13.1 Å². The molecule has 3 nitrogen and oxygen atoms in total. The van der Waals surface area contributed by atoms with Crippen LogP contribution in [0.1, 0.15) is 50.0 Å². The fraction of sp³-hybridized carbons (Fsp3) is 0.632. The first kappa shape index (κ1) is 16.8. The third-order valence-corrected chi connectivity index (χ3v) is 7.00. The summed E-state index contributed by atoms with van der Waals surface area (Å²) in [6, 6.07) is 6.00. The molecule has 1 aromatic heterocycles. The minimum atomic E-state index is 0.288. The second kappa shape index (κ2) is 7.28. The van der Waals surface area contributed by atoms with Gasteiger partial charge in [0.2, 0.25) is 0 Å². The van der Waals surface area contributed by atoms with Crippen LogP contribution in [0.3, 0.4) is 0 Å². The van der Waals surface area contributed by atoms with Crippen LogP contribution >= 0.6 is 22.9 Å². The zero-order valence-electron chi connectivity index (χ0n) is 14.1. The van der Waals surface area contributed by atoms with Crippen molar-refractivity contribution in [3.63, 3.8) is 0 Å². The molecule has 3 aliphatic rings. The van der Waals surface area contributed by atoms with E-state index in [-0.39, 0.29) is 5.54 Å². The Labute approximate surface area is 153 Å². The summed E-state index contributed by atoms with van der Waals surface area (Å²) < 4.78 is 1.22. The van der Waals surface area contributed by atoms with E-state index in [1.54, 1.807) is 0 Å². The summed E-state index contributed by atoms with van der Waals surface area (Å²) in [4.78, 5) is 7.42. The summed E-state index contributed by atoms with van der Waals surface area (Å²) >= 11 is 7.86. The molecular weight excluding hydrogens is 338 g/mol. The smallest absolute Gasteiger partial charge is 0.200 e. The first-order valence-electron chi connectivity index (χ1n) is 9.23. The molecule has 0 aliphatic carbocycles. The quantitative estimate of drug-likeness (QED) is 0.680. The van der Waals surface area contributed by atoms with E-state index in [9.17, 15) is 0 Å². The van der Waals surface area contributed by atoms with Crippen LogP contribution in [0.2, 0.25) is 5.02 Å². The molecule has 24 heavy (non-hydrogen) atoms. The Kier molecular flexibility index (Phi) is 5.09. The van der Waals surface area contributed by atoms with Gasteiger partial charge < -0.3 is 0 Å². The van der Waals surface area contributed by atoms with E-state index in [2.05, 4.69) is 10.2 Å². The van der Waals surface area contributed by atoms with Crippen LogP contribution in [0.15, 0.2) is 18.2 Å². The van der Waals surface area contributed by atoms with Crippen LogP contribution in [-0.4, -0.2) is 31.2 Å². The van der Waals surface area contributed by atoms with Crippen molar-refractivity contribution in [2.75, 3.05) is 26.2 Å². The first-order valence-corrected chi connectivity index (χ1v) is 10.4. The van der Waals surface area contributed by atoms with Crippen molar-refractivity contribution < 1.29 is 0 Å². The number of hydrogen-bond donors (Lipinski definition) is 0. The molecule has 5 rings (SSSR count). The number of benzene rings is 1. The van der Waals surface area contributed by atoms with Crippen molar-refractivity contribution in [3.05, 3.63) is 28.2 Å². The summed E-state index contributed by atoms with van der Waals surface area (Å²) in [5, 5.41) is 6.38. The highest BCUT2D eigenvalue weighted by molar-refractivity contribution is 7.18. The third-order valence-electron chi connectivity index (χ3n) is 5.55. The van der Waals surface area contributed by atoms with Gasteiger partial charge in [-0.1, -0.05) is 24.4 Å². The van der Waals surface area contributed by atoms with Gasteiger partial charge >= 0.3 is 0 Å². The topological polar surface area (TPSA) is 32.9 Å². The molecule has 0 spiro atoms. The van der Waals surface area contributed by atoms with Crippen LogP contribution in [0.5, 0.6) is 0 Å². The van der Waals surface area contributed by atoms with E-state index in [4.69, 9.17) is 16.6 Å². The summed E-state index contributed by atoms with van der Waals surface area (Å²) in [6.07, 6.45) is 9.35. The van der Waals surface area contributed by atoms with Gasteiger partial charge in [-0.25, -0.2) is 10.3 Å². The van der Waals surface area contributed by atoms with Gasteiger partial charge in [-0.15, -0.1) is 11.3 Å². The number of aromatic nitrogens is 1. The molecule has 0 bridgehead atoms. The van der Waals surface area contributed by atoms with Crippen LogP contribution < -0.4 is 10.2 Å². The van der Waals surface area contributed by atoms with E-state index in [1.807, 2.05) is 29.5 Å². The molecule has 1 aromatic carbocycles. The molecule has 1 atom stereocenters. The van der Waals surface area contributed by atoms with Gasteiger partial charge in [-0.2, -0.15) is 4.90 Å². The third kappa shape index (κ3) is 3.22. The molecule has 1 unspecified atom stereocenters. The Balaban J connectivity index is 0.000000177. The molecule has 5 heteroatoms. The summed E-state index contributed by atoms with van der Waals surface area (Å²) in [5.74, 6) is 0. The second-order valence-corrected chi connectivity index (χ2v) is 8.56. The second-order valence-electron chi connectivity index (χ2n) is 7.09. The number of thiazole rings is 1. The Bertz CT molecular complexity index is 681. The van der Waals surface area contributed by atoms with Crippen molar-refractivity contribution in [2.45, 2.75) is 50.5 Å². The zero-order chi connectivity index (χ0) is 16.4. The predicted molar refractivity (Wildman–Crippen MR) is 102 cm³/mol. The lowest BCUT2D eigenvalue weighted by Crippen LogP contribution is -2.57. The van der Waals surface area contributed by atoms with E-state index < -0.39 is 0 Å². The molecule has 2 aromatic rings. The van der Waals surface area contributed by atoms with Gasteiger partial charge in [0, 0.05) is 31.0 Å². The fourth-order valence-corrected chi connectivity index (χ4v) is 5.59. The van der Waals surface area contributed by atoms with Crippen molar-refractivity contribution in [2.24, 2.45) is 0 Å². The van der Waals surface area contributed by atoms with Crippen molar-refractivity contribution >= 4 is 33.2 Å². The highest BCUT2D eigenvalue weighted by Gasteiger charge is 2.60. The lowest BCUT2D eigenvalue weighted by atomic mass is 9.86. The van der Waals surface area contributed by atoms with Crippen LogP contribution in [0.25, 0.3) is 10.2 Å². The lowest BCUT2D eigenvalue weighted by molar-refractivity contribution is 0.121. The molecule has 0 saturated carbocycles. The molecule has 2 radical (unpaired) electrons. The minimum Gasteiger partial charge on any atom is -0.242 e. The van der Waals surface area contributed by atoms with Gasteiger partial charge in [0.15, 0.2) is 10.5 Å². The molecule has 0 N–H and O–H groups in total. The molecule has 3 fully saturated rings. The highest BCUT2D eigenvalue weighted by atomic mass is 35.5. The molecule has 0 amide bonds. The maximum Gasteiger partial charge on any atom is 0.200 e. The lowest BCUT2D eigenvalue weighted by Gasteiger charge is -2.36. The van der Waals surface area contributed by atoms with Gasteiger partial charge in [-0.3, -0.25) is 0 Å². The van der Waals surface area contributed by atoms with Crippen LogP contribution in [0.4, 0.5) is 0 Å². The number of rotatable bonds is 1. The van der Waals surface area contributed by atoms with E-state index in [0.717, 1.165) is 23.6 Å². The average molecular weight is 363 g/mol. The number of nitrogens with zero attached hydrogens (tertiary/aromatic N) is 3. The molecule has 4 heterocycles. The maximum absolute atomic E-state index is 6.03. The largest absolute Gasteiger partial charge is 0.242 e. The van der Waals surface area contributed by atoms with Gasteiger partial charge in [-0.05, 0) is 31.0 Å². The summed E-state index contributed by atoms with van der Waals surface area (Å²) in [5.41, 5.74) is 1.39. The summed E-state index contributed by atoms with van der Waals surface area (Å²) in [6.45, 7) is 4.74. The fourth-order valence-electron chi connectivity index (χ4n) is 4.07. The van der Waals surface area contributed by atoms with Gasteiger partial charge in [0.25, 0.3) is 0 Å². The standard InChI is InChI=1S/C13H13ClN2S.C6H12N/c14-9-2-3-10-11(8-9)17-12(15-10)13-4-1-6-16(13)7-5-13;1-2-4-6-7-5-3-1/h2-3,8H,1,4-7H2;1-6H2/q+1;. The summed E-state index contributed by atoms with van der Waals surface area (Å²) in [7, 11) is 0. The van der Waals surface area contributed by atoms with E-state index in [0.29, 0.717) is 0 Å². The maximum atomic E-state index is 6.03. The molecule has 3 aliphatic heterocycles. The molecule has 3 saturated heterocycles. The van der Waals surface area contributed by atoms with Crippen LogP contribution in [0, 0.1) is 0 Å². The predicted octanol–water partition coefficient (Wildman–Crippen LogP) is 4.65. The SMILES string of the molecule is C1CCC[N]CC1.Clc1ccc2nc(C34CCC[N+]3CC4)sc2c1. The van der Waals surface area contributed by atoms with Crippen molar-refractivity contribution in [3.8, 4) is 0 Å². The first-order chi connectivity index (χ1) is 11.8. The Hall–Kier alpha value is -0.680. The average Bonchev–Trinajstić information content (AvgIpc) is 2.94. The Morgan fingerprint density at radius 3 is 2.54 bits per heavy atom. The Morgan fingerprint density at radius 1 is 1.00 bits per heavy atom. The molecule has 128 valence electrons. The zero-order valence-corrected chi connectivity index (χ0v) is 15.7. The minimum absolute atomic E-state index is 0.288. The van der Waals surface area contributed by atoms with E-state index in [1.165, 1.54) is 67.7 Å². The monoisotopic (exact) mass is 362 g/mol.